The van der Waals surface area contributed by atoms with Gasteiger partial charge in [-0.05, 0) is 48.7 Å². The Morgan fingerprint density at radius 3 is 2.49 bits per heavy atom. The number of nitrogens with zero attached hydrogens (tertiary/aromatic N) is 2. The van der Waals surface area contributed by atoms with Crippen LogP contribution >= 0.6 is 0 Å². The van der Waals surface area contributed by atoms with Gasteiger partial charge in [-0.2, -0.15) is 0 Å². The van der Waals surface area contributed by atoms with Crippen LogP contribution in [0.3, 0.4) is 0 Å². The SMILES string of the molecule is O=C(NCC(=O)N1C(C(=O)O)CCC1c1ccccn1)Nc1cccc(C(=O)OCc2ccccc2)c1. The number of benzene rings is 2. The van der Waals surface area contributed by atoms with Crippen molar-refractivity contribution in [3.63, 3.8) is 0 Å². The predicted molar refractivity (Wildman–Crippen MR) is 134 cm³/mol. The van der Waals surface area contributed by atoms with Crippen molar-refractivity contribution in [3.05, 3.63) is 95.8 Å². The lowest BCUT2D eigenvalue weighted by Crippen LogP contribution is -2.47. The molecule has 1 aromatic heterocycles. The summed E-state index contributed by atoms with van der Waals surface area (Å²) in [5.41, 5.74) is 2.03. The van der Waals surface area contributed by atoms with E-state index in [1.165, 1.54) is 11.0 Å². The van der Waals surface area contributed by atoms with Crippen molar-refractivity contribution in [2.24, 2.45) is 0 Å². The number of hydrogen-bond acceptors (Lipinski definition) is 6. The Balaban J connectivity index is 1.33. The van der Waals surface area contributed by atoms with Crippen molar-refractivity contribution in [2.75, 3.05) is 11.9 Å². The minimum atomic E-state index is -1.10. The van der Waals surface area contributed by atoms with Crippen molar-refractivity contribution in [1.29, 1.82) is 0 Å². The van der Waals surface area contributed by atoms with E-state index in [2.05, 4.69) is 15.6 Å². The quantitative estimate of drug-likeness (QED) is 0.402. The summed E-state index contributed by atoms with van der Waals surface area (Å²) >= 11 is 0. The summed E-state index contributed by atoms with van der Waals surface area (Å²) < 4.78 is 5.32. The maximum Gasteiger partial charge on any atom is 0.338 e. The van der Waals surface area contributed by atoms with E-state index in [1.54, 1.807) is 42.6 Å². The standard InChI is InChI=1S/C27H26N4O6/c32-24(31-22(12-13-23(31)25(33)34)21-11-4-5-14-28-21)16-29-27(36)30-20-10-6-9-19(15-20)26(35)37-17-18-7-2-1-3-8-18/h1-11,14-15,22-23H,12-13,16-17H2,(H,33,34)(H2,29,30,36). The van der Waals surface area contributed by atoms with Gasteiger partial charge in [-0.25, -0.2) is 14.4 Å². The Bertz CT molecular complexity index is 1270. The van der Waals surface area contributed by atoms with E-state index in [1.807, 2.05) is 30.3 Å². The smallest absolute Gasteiger partial charge is 0.338 e. The first kappa shape index (κ1) is 25.4. The zero-order chi connectivity index (χ0) is 26.2. The molecule has 1 aliphatic heterocycles. The second-order valence-electron chi connectivity index (χ2n) is 8.45. The van der Waals surface area contributed by atoms with Gasteiger partial charge >= 0.3 is 18.0 Å². The number of carboxylic acids is 1. The number of urea groups is 1. The Morgan fingerprint density at radius 1 is 0.973 bits per heavy atom. The number of ether oxygens (including phenoxy) is 1. The first-order valence-corrected chi connectivity index (χ1v) is 11.7. The molecule has 0 aliphatic carbocycles. The second kappa shape index (κ2) is 11.8. The van der Waals surface area contributed by atoms with E-state index in [-0.39, 0.29) is 12.2 Å². The topological polar surface area (TPSA) is 138 Å². The number of esters is 1. The summed E-state index contributed by atoms with van der Waals surface area (Å²) in [6, 6.07) is 18.6. The number of rotatable bonds is 8. The number of aromatic nitrogens is 1. The third kappa shape index (κ3) is 6.49. The van der Waals surface area contributed by atoms with Crippen LogP contribution in [0.2, 0.25) is 0 Å². The van der Waals surface area contributed by atoms with Crippen molar-refractivity contribution in [2.45, 2.75) is 31.5 Å². The van der Waals surface area contributed by atoms with Crippen LogP contribution in [0.1, 0.15) is 40.5 Å². The molecule has 0 radical (unpaired) electrons. The highest BCUT2D eigenvalue weighted by Crippen LogP contribution is 2.35. The molecule has 10 nitrogen and oxygen atoms in total. The molecule has 2 unspecified atom stereocenters. The van der Waals surface area contributed by atoms with Crippen molar-refractivity contribution in [3.8, 4) is 0 Å². The molecule has 1 saturated heterocycles. The number of aliphatic carboxylic acids is 1. The molecule has 3 amide bonds. The Morgan fingerprint density at radius 2 is 1.76 bits per heavy atom. The van der Waals surface area contributed by atoms with Gasteiger partial charge in [0.2, 0.25) is 5.91 Å². The number of anilines is 1. The highest BCUT2D eigenvalue weighted by Gasteiger charge is 2.42. The van der Waals surface area contributed by atoms with Gasteiger partial charge < -0.3 is 25.4 Å². The summed E-state index contributed by atoms with van der Waals surface area (Å²) in [6.45, 7) is -0.287. The lowest BCUT2D eigenvalue weighted by atomic mass is 10.1. The van der Waals surface area contributed by atoms with Gasteiger partial charge in [-0.3, -0.25) is 9.78 Å². The summed E-state index contributed by atoms with van der Waals surface area (Å²) in [5, 5.41) is 14.6. The number of likely N-dealkylation sites (tertiary alicyclic amines) is 1. The van der Waals surface area contributed by atoms with Gasteiger partial charge in [0.1, 0.15) is 12.6 Å². The molecule has 10 heteroatoms. The number of pyridine rings is 1. The van der Waals surface area contributed by atoms with Crippen LogP contribution in [-0.2, 0) is 20.9 Å². The minimum absolute atomic E-state index is 0.118. The summed E-state index contributed by atoms with van der Waals surface area (Å²) in [6.07, 6.45) is 2.34. The average Bonchev–Trinajstić information content (AvgIpc) is 3.37. The molecule has 1 aliphatic rings. The maximum atomic E-state index is 13.0. The Labute approximate surface area is 213 Å². The van der Waals surface area contributed by atoms with Gasteiger partial charge in [-0.15, -0.1) is 0 Å². The fraction of sp³-hybridized carbons (Fsp3) is 0.222. The van der Waals surface area contributed by atoms with E-state index in [0.29, 0.717) is 24.2 Å². The number of amides is 3. The molecule has 0 bridgehead atoms. The third-order valence-electron chi connectivity index (χ3n) is 5.96. The molecular formula is C27H26N4O6. The molecule has 2 heterocycles. The van der Waals surface area contributed by atoms with E-state index in [9.17, 15) is 24.3 Å². The minimum Gasteiger partial charge on any atom is -0.480 e. The lowest BCUT2D eigenvalue weighted by molar-refractivity contribution is -0.149. The van der Waals surface area contributed by atoms with Crippen LogP contribution in [0.4, 0.5) is 10.5 Å². The van der Waals surface area contributed by atoms with Crippen LogP contribution in [0.15, 0.2) is 79.0 Å². The zero-order valence-electron chi connectivity index (χ0n) is 19.9. The zero-order valence-corrected chi connectivity index (χ0v) is 19.9. The number of carbonyl (C=O) groups excluding carboxylic acids is 3. The molecule has 4 rings (SSSR count). The van der Waals surface area contributed by atoms with Crippen LogP contribution in [0.5, 0.6) is 0 Å². The van der Waals surface area contributed by atoms with E-state index in [0.717, 1.165) is 5.56 Å². The molecule has 2 atom stereocenters. The van der Waals surface area contributed by atoms with E-state index >= 15 is 0 Å². The van der Waals surface area contributed by atoms with Gasteiger partial charge in [0.05, 0.1) is 23.8 Å². The molecular weight excluding hydrogens is 476 g/mol. The summed E-state index contributed by atoms with van der Waals surface area (Å²) in [7, 11) is 0. The second-order valence-corrected chi connectivity index (χ2v) is 8.45. The molecule has 37 heavy (non-hydrogen) atoms. The third-order valence-corrected chi connectivity index (χ3v) is 5.96. The number of hydrogen-bond donors (Lipinski definition) is 3. The molecule has 0 saturated carbocycles. The van der Waals surface area contributed by atoms with Crippen LogP contribution in [0.25, 0.3) is 0 Å². The molecule has 0 spiro atoms. The van der Waals surface area contributed by atoms with Crippen molar-refractivity contribution in [1.82, 2.24) is 15.2 Å². The Hall–Kier alpha value is -4.73. The summed E-state index contributed by atoms with van der Waals surface area (Å²) in [4.78, 5) is 55.1. The number of nitrogens with one attached hydrogen (secondary N) is 2. The number of carboxylic acid groups (broad SMARTS) is 1. The normalized spacial score (nSPS) is 16.6. The largest absolute Gasteiger partial charge is 0.480 e. The highest BCUT2D eigenvalue weighted by molar-refractivity contribution is 5.95. The fourth-order valence-corrected chi connectivity index (χ4v) is 4.22. The Kier molecular flexibility index (Phi) is 8.09. The first-order valence-electron chi connectivity index (χ1n) is 11.7. The van der Waals surface area contributed by atoms with Gasteiger partial charge in [0, 0.05) is 11.9 Å². The number of carbonyl (C=O) groups is 4. The molecule has 1 fully saturated rings. The van der Waals surface area contributed by atoms with Gasteiger partial charge in [-0.1, -0.05) is 42.5 Å². The monoisotopic (exact) mass is 502 g/mol. The molecule has 190 valence electrons. The first-order chi connectivity index (χ1) is 17.9. The molecule has 3 N–H and O–H groups in total. The van der Waals surface area contributed by atoms with E-state index in [4.69, 9.17) is 4.74 Å². The molecule has 2 aromatic carbocycles. The van der Waals surface area contributed by atoms with Gasteiger partial charge in [0.25, 0.3) is 0 Å². The lowest BCUT2D eigenvalue weighted by Gasteiger charge is -2.28. The van der Waals surface area contributed by atoms with Gasteiger partial charge in [0.15, 0.2) is 0 Å². The summed E-state index contributed by atoms with van der Waals surface area (Å²) in [5.74, 6) is -2.18. The van der Waals surface area contributed by atoms with Crippen LogP contribution in [-0.4, -0.2) is 51.5 Å². The maximum absolute atomic E-state index is 13.0. The van der Waals surface area contributed by atoms with E-state index < -0.39 is 42.5 Å². The van der Waals surface area contributed by atoms with Crippen LogP contribution < -0.4 is 10.6 Å². The predicted octanol–water partition coefficient (Wildman–Crippen LogP) is 3.38. The molecule has 3 aromatic rings. The van der Waals surface area contributed by atoms with Crippen LogP contribution in [0, 0.1) is 0 Å². The fourth-order valence-electron chi connectivity index (χ4n) is 4.22. The van der Waals surface area contributed by atoms with Crippen molar-refractivity contribution >= 4 is 29.6 Å². The van der Waals surface area contributed by atoms with Crippen molar-refractivity contribution < 1.29 is 29.0 Å². The average molecular weight is 503 g/mol. The highest BCUT2D eigenvalue weighted by atomic mass is 16.5.